The van der Waals surface area contributed by atoms with Crippen LogP contribution in [0.1, 0.15) is 13.3 Å². The normalized spacial score (nSPS) is 11.0. The van der Waals surface area contributed by atoms with E-state index in [9.17, 15) is 14.6 Å². The number of aliphatic hydroxyl groups is 1. The van der Waals surface area contributed by atoms with Gasteiger partial charge in [-0.3, -0.25) is 0 Å². The van der Waals surface area contributed by atoms with Crippen LogP contribution in [0, 0.1) is 5.82 Å². The van der Waals surface area contributed by atoms with Crippen LogP contribution in [-0.2, 0) is 0 Å². The zero-order valence-corrected chi connectivity index (χ0v) is 14.0. The minimum Gasteiger partial charge on any atom is -0.507 e. The van der Waals surface area contributed by atoms with Gasteiger partial charge in [0.1, 0.15) is 17.4 Å². The molecule has 1 aromatic heterocycles. The minimum absolute atomic E-state index is 0.0350. The number of benzene rings is 2. The molecule has 25 heavy (non-hydrogen) atoms. The van der Waals surface area contributed by atoms with Gasteiger partial charge in [0.05, 0.1) is 17.7 Å². The van der Waals surface area contributed by atoms with Crippen LogP contribution in [0.15, 0.2) is 42.5 Å². The topological polar surface area (TPSA) is 69.5 Å². The van der Waals surface area contributed by atoms with Gasteiger partial charge in [0, 0.05) is 18.5 Å². The number of hydrogen-bond acceptors (Lipinski definition) is 5. The van der Waals surface area contributed by atoms with Gasteiger partial charge in [0.2, 0.25) is 0 Å². The van der Waals surface area contributed by atoms with Crippen molar-refractivity contribution >= 4 is 16.7 Å². The highest BCUT2D eigenvalue weighted by Crippen LogP contribution is 2.31. The molecule has 2 N–H and O–H groups in total. The molecular weight excluding hydrogens is 321 g/mol. The molecule has 0 bridgehead atoms. The van der Waals surface area contributed by atoms with Crippen molar-refractivity contribution < 1.29 is 14.6 Å². The summed E-state index contributed by atoms with van der Waals surface area (Å²) in [5, 5.41) is 20.1. The van der Waals surface area contributed by atoms with E-state index in [4.69, 9.17) is 0 Å². The Morgan fingerprint density at radius 3 is 2.60 bits per heavy atom. The Hall–Kier alpha value is -2.73. The Labute approximate surface area is 145 Å². The number of fused-ring (bicyclic) bond motifs is 1. The summed E-state index contributed by atoms with van der Waals surface area (Å²) >= 11 is 0. The number of rotatable bonds is 6. The summed E-state index contributed by atoms with van der Waals surface area (Å²) in [5.74, 6) is 0.636. The third-order valence-electron chi connectivity index (χ3n) is 3.95. The second-order valence-electron chi connectivity index (χ2n) is 5.76. The Bertz CT molecular complexity index is 880. The molecule has 0 radical (unpaired) electrons. The summed E-state index contributed by atoms with van der Waals surface area (Å²) in [6.07, 6.45) is 0.854. The summed E-state index contributed by atoms with van der Waals surface area (Å²) < 4.78 is 13.8. The third kappa shape index (κ3) is 3.53. The smallest absolute Gasteiger partial charge is 0.165 e. The molecular formula is C19H20FN3O2. The third-order valence-corrected chi connectivity index (χ3v) is 3.95. The Kier molecular flexibility index (Phi) is 5.09. The number of para-hydroxylation sites is 1. The van der Waals surface area contributed by atoms with Crippen molar-refractivity contribution in [1.29, 1.82) is 0 Å². The molecule has 0 unspecified atom stereocenters. The Morgan fingerprint density at radius 2 is 1.88 bits per heavy atom. The van der Waals surface area contributed by atoms with Crippen LogP contribution in [0.3, 0.4) is 0 Å². The SMILES string of the molecule is CCCN(CCO)c1nc(-c2ccccc2O)nc2ccc(F)cc12. The van der Waals surface area contributed by atoms with Gasteiger partial charge >= 0.3 is 0 Å². The lowest BCUT2D eigenvalue weighted by Gasteiger charge is -2.24. The number of aromatic hydroxyl groups is 1. The van der Waals surface area contributed by atoms with Gasteiger partial charge in [0.25, 0.3) is 0 Å². The summed E-state index contributed by atoms with van der Waals surface area (Å²) in [4.78, 5) is 11.0. The highest BCUT2D eigenvalue weighted by atomic mass is 19.1. The maximum atomic E-state index is 13.8. The van der Waals surface area contributed by atoms with Crippen LogP contribution in [0.4, 0.5) is 10.2 Å². The summed E-state index contributed by atoms with van der Waals surface area (Å²) in [7, 11) is 0. The molecule has 0 fully saturated rings. The molecule has 0 aliphatic heterocycles. The van der Waals surface area contributed by atoms with Crippen molar-refractivity contribution in [2.75, 3.05) is 24.6 Å². The molecule has 0 atom stereocenters. The monoisotopic (exact) mass is 341 g/mol. The second kappa shape index (κ2) is 7.44. The van der Waals surface area contributed by atoms with E-state index in [1.165, 1.54) is 12.1 Å². The molecule has 0 amide bonds. The fourth-order valence-corrected chi connectivity index (χ4v) is 2.82. The van der Waals surface area contributed by atoms with E-state index in [0.717, 1.165) is 6.42 Å². The van der Waals surface area contributed by atoms with Gasteiger partial charge in [-0.15, -0.1) is 0 Å². The first-order chi connectivity index (χ1) is 12.1. The average Bonchev–Trinajstić information content (AvgIpc) is 2.61. The molecule has 0 saturated carbocycles. The van der Waals surface area contributed by atoms with Crippen LogP contribution in [0.2, 0.25) is 0 Å². The number of hydrogen-bond donors (Lipinski definition) is 2. The van der Waals surface area contributed by atoms with Gasteiger partial charge in [-0.2, -0.15) is 0 Å². The Balaban J connectivity index is 2.24. The predicted octanol–water partition coefficient (Wildman–Crippen LogP) is 3.35. The van der Waals surface area contributed by atoms with Crippen LogP contribution in [0.5, 0.6) is 5.75 Å². The highest BCUT2D eigenvalue weighted by molar-refractivity contribution is 5.91. The van der Waals surface area contributed by atoms with E-state index in [1.807, 2.05) is 11.8 Å². The van der Waals surface area contributed by atoms with Crippen LogP contribution < -0.4 is 4.90 Å². The van der Waals surface area contributed by atoms with E-state index in [2.05, 4.69) is 9.97 Å². The maximum absolute atomic E-state index is 13.8. The van der Waals surface area contributed by atoms with Crippen molar-refractivity contribution in [2.24, 2.45) is 0 Å². The number of anilines is 1. The maximum Gasteiger partial charge on any atom is 0.165 e. The molecule has 2 aromatic carbocycles. The predicted molar refractivity (Wildman–Crippen MR) is 96.2 cm³/mol. The number of aliphatic hydroxyl groups excluding tert-OH is 1. The van der Waals surface area contributed by atoms with Crippen molar-refractivity contribution in [3.05, 3.63) is 48.3 Å². The van der Waals surface area contributed by atoms with Gasteiger partial charge in [0.15, 0.2) is 5.82 Å². The fourth-order valence-electron chi connectivity index (χ4n) is 2.82. The van der Waals surface area contributed by atoms with E-state index in [1.54, 1.807) is 30.3 Å². The minimum atomic E-state index is -0.367. The summed E-state index contributed by atoms with van der Waals surface area (Å²) in [6.45, 7) is 3.05. The molecule has 0 saturated heterocycles. The van der Waals surface area contributed by atoms with E-state index in [0.29, 0.717) is 41.2 Å². The molecule has 3 aromatic rings. The quantitative estimate of drug-likeness (QED) is 0.719. The van der Waals surface area contributed by atoms with Crippen LogP contribution >= 0.6 is 0 Å². The van der Waals surface area contributed by atoms with Crippen molar-refractivity contribution in [2.45, 2.75) is 13.3 Å². The average molecular weight is 341 g/mol. The van der Waals surface area contributed by atoms with E-state index in [-0.39, 0.29) is 18.2 Å². The number of aromatic nitrogens is 2. The highest BCUT2D eigenvalue weighted by Gasteiger charge is 2.17. The van der Waals surface area contributed by atoms with Gasteiger partial charge < -0.3 is 15.1 Å². The number of phenolic OH excluding ortho intramolecular Hbond substituents is 1. The molecule has 130 valence electrons. The Morgan fingerprint density at radius 1 is 1.08 bits per heavy atom. The van der Waals surface area contributed by atoms with Gasteiger partial charge in [-0.25, -0.2) is 14.4 Å². The zero-order chi connectivity index (χ0) is 17.8. The van der Waals surface area contributed by atoms with E-state index < -0.39 is 0 Å². The lowest BCUT2D eigenvalue weighted by atomic mass is 10.1. The van der Waals surface area contributed by atoms with E-state index >= 15 is 0 Å². The number of nitrogens with zero attached hydrogens (tertiary/aromatic N) is 3. The second-order valence-corrected chi connectivity index (χ2v) is 5.76. The summed E-state index contributed by atoms with van der Waals surface area (Å²) in [5.41, 5.74) is 1.10. The molecule has 5 nitrogen and oxygen atoms in total. The first-order valence-electron chi connectivity index (χ1n) is 8.25. The fraction of sp³-hybridized carbons (Fsp3) is 0.263. The molecule has 0 aliphatic carbocycles. The van der Waals surface area contributed by atoms with Crippen molar-refractivity contribution in [1.82, 2.24) is 9.97 Å². The largest absolute Gasteiger partial charge is 0.507 e. The summed E-state index contributed by atoms with van der Waals surface area (Å²) in [6, 6.07) is 11.2. The molecule has 3 rings (SSSR count). The zero-order valence-electron chi connectivity index (χ0n) is 14.0. The molecule has 1 heterocycles. The van der Waals surface area contributed by atoms with Crippen LogP contribution in [0.25, 0.3) is 22.3 Å². The lowest BCUT2D eigenvalue weighted by molar-refractivity contribution is 0.301. The van der Waals surface area contributed by atoms with Gasteiger partial charge in [-0.05, 0) is 36.8 Å². The standard InChI is InChI=1S/C19H20FN3O2/c1-2-9-23(10-11-24)19-15-12-13(20)7-8-16(15)21-18(22-19)14-5-3-4-6-17(14)25/h3-8,12,24-25H,2,9-11H2,1H3. The van der Waals surface area contributed by atoms with Gasteiger partial charge in [-0.1, -0.05) is 19.1 Å². The number of phenols is 1. The first kappa shape index (κ1) is 17.1. The lowest BCUT2D eigenvalue weighted by Crippen LogP contribution is -2.28. The van der Waals surface area contributed by atoms with Crippen LogP contribution in [-0.4, -0.2) is 39.9 Å². The molecule has 0 aliphatic rings. The van der Waals surface area contributed by atoms with Crippen molar-refractivity contribution in [3.63, 3.8) is 0 Å². The number of halogens is 1. The molecule has 6 heteroatoms. The molecule has 0 spiro atoms. The first-order valence-corrected chi connectivity index (χ1v) is 8.25. The van der Waals surface area contributed by atoms with Crippen molar-refractivity contribution in [3.8, 4) is 17.1 Å².